The van der Waals surface area contributed by atoms with Crippen LogP contribution in [0, 0.1) is 5.92 Å². The van der Waals surface area contributed by atoms with Crippen LogP contribution in [0.3, 0.4) is 0 Å². The van der Waals surface area contributed by atoms with Crippen LogP contribution in [0.25, 0.3) is 11.0 Å². The molecule has 0 amide bonds. The summed E-state index contributed by atoms with van der Waals surface area (Å²) >= 11 is 0. The molecule has 0 aliphatic heterocycles. The second-order valence-corrected chi connectivity index (χ2v) is 4.58. The smallest absolute Gasteiger partial charge is 0.135 e. The van der Waals surface area contributed by atoms with Crippen molar-refractivity contribution in [2.24, 2.45) is 5.92 Å². The number of aliphatic hydroxyl groups is 1. The minimum absolute atomic E-state index is 0.0161. The Hall–Kier alpha value is -1.55. The first kappa shape index (κ1) is 9.66. The zero-order valence-corrected chi connectivity index (χ0v) is 9.22. The molecule has 0 spiro atoms. The molecule has 2 aromatic rings. The van der Waals surface area contributed by atoms with Gasteiger partial charge in [-0.3, -0.25) is 0 Å². The first-order valence-corrected chi connectivity index (χ1v) is 5.58. The standard InChI is InChI=1S/C12H15N3O/c1-7-4-11(7)15-10-3-2-8(13)5-9(10)14-12(15)6-16/h2-3,5,7,11,16H,4,6,13H2,1H3. The zero-order valence-electron chi connectivity index (χ0n) is 9.22. The van der Waals surface area contributed by atoms with Crippen molar-refractivity contribution in [1.82, 2.24) is 9.55 Å². The average Bonchev–Trinajstić information content (AvgIpc) is 2.86. The number of aliphatic hydroxyl groups excluding tert-OH is 1. The van der Waals surface area contributed by atoms with Crippen LogP contribution in [0.5, 0.6) is 0 Å². The number of hydrogen-bond acceptors (Lipinski definition) is 3. The molecule has 1 fully saturated rings. The molecule has 84 valence electrons. The maximum Gasteiger partial charge on any atom is 0.135 e. The quantitative estimate of drug-likeness (QED) is 0.752. The Labute approximate surface area is 93.7 Å². The minimum atomic E-state index is -0.0161. The summed E-state index contributed by atoms with van der Waals surface area (Å²) in [5.74, 6) is 1.43. The molecule has 0 radical (unpaired) electrons. The number of fused-ring (bicyclic) bond motifs is 1. The summed E-state index contributed by atoms with van der Waals surface area (Å²) in [6.07, 6.45) is 1.17. The minimum Gasteiger partial charge on any atom is -0.399 e. The van der Waals surface area contributed by atoms with Gasteiger partial charge in [-0.25, -0.2) is 4.98 Å². The van der Waals surface area contributed by atoms with Crippen molar-refractivity contribution >= 4 is 16.7 Å². The molecule has 4 nitrogen and oxygen atoms in total. The molecule has 1 heterocycles. The van der Waals surface area contributed by atoms with Gasteiger partial charge in [0, 0.05) is 11.7 Å². The Morgan fingerprint density at radius 2 is 2.31 bits per heavy atom. The van der Waals surface area contributed by atoms with E-state index >= 15 is 0 Å². The number of anilines is 1. The van der Waals surface area contributed by atoms with Gasteiger partial charge in [-0.05, 0) is 30.5 Å². The van der Waals surface area contributed by atoms with Gasteiger partial charge in [-0.1, -0.05) is 6.92 Å². The van der Waals surface area contributed by atoms with Crippen molar-refractivity contribution in [3.05, 3.63) is 24.0 Å². The van der Waals surface area contributed by atoms with Gasteiger partial charge in [0.15, 0.2) is 0 Å². The summed E-state index contributed by atoms with van der Waals surface area (Å²) in [5, 5.41) is 9.34. The molecule has 1 aliphatic carbocycles. The molecule has 2 atom stereocenters. The molecule has 1 saturated carbocycles. The third-order valence-electron chi connectivity index (χ3n) is 3.33. The van der Waals surface area contributed by atoms with E-state index in [2.05, 4.69) is 16.5 Å². The van der Waals surface area contributed by atoms with Gasteiger partial charge >= 0.3 is 0 Å². The summed E-state index contributed by atoms with van der Waals surface area (Å²) in [7, 11) is 0. The van der Waals surface area contributed by atoms with Crippen LogP contribution >= 0.6 is 0 Å². The fourth-order valence-corrected chi connectivity index (χ4v) is 2.31. The van der Waals surface area contributed by atoms with Gasteiger partial charge < -0.3 is 15.4 Å². The van der Waals surface area contributed by atoms with Gasteiger partial charge in [-0.15, -0.1) is 0 Å². The number of hydrogen-bond donors (Lipinski definition) is 2. The van der Waals surface area contributed by atoms with Crippen LogP contribution in [0.2, 0.25) is 0 Å². The van der Waals surface area contributed by atoms with Crippen molar-refractivity contribution in [2.75, 3.05) is 5.73 Å². The monoisotopic (exact) mass is 217 g/mol. The number of nitrogens with zero attached hydrogens (tertiary/aromatic N) is 2. The molecular weight excluding hydrogens is 202 g/mol. The Morgan fingerprint density at radius 1 is 1.56 bits per heavy atom. The molecule has 4 heteroatoms. The molecule has 3 N–H and O–H groups in total. The van der Waals surface area contributed by atoms with Gasteiger partial charge in [0.1, 0.15) is 12.4 Å². The Kier molecular flexibility index (Phi) is 1.94. The topological polar surface area (TPSA) is 64.1 Å². The molecule has 2 unspecified atom stereocenters. The Morgan fingerprint density at radius 3 is 2.94 bits per heavy atom. The van der Waals surface area contributed by atoms with E-state index < -0.39 is 0 Å². The second-order valence-electron chi connectivity index (χ2n) is 4.58. The molecule has 16 heavy (non-hydrogen) atoms. The van der Waals surface area contributed by atoms with Crippen molar-refractivity contribution in [1.29, 1.82) is 0 Å². The Bertz CT molecular complexity index is 546. The van der Waals surface area contributed by atoms with Crippen molar-refractivity contribution < 1.29 is 5.11 Å². The first-order chi connectivity index (χ1) is 7.70. The summed E-state index contributed by atoms with van der Waals surface area (Å²) < 4.78 is 2.15. The largest absolute Gasteiger partial charge is 0.399 e. The predicted molar refractivity (Wildman–Crippen MR) is 62.9 cm³/mol. The van der Waals surface area contributed by atoms with E-state index in [4.69, 9.17) is 5.73 Å². The van der Waals surface area contributed by atoms with Gasteiger partial charge in [0.25, 0.3) is 0 Å². The maximum atomic E-state index is 9.34. The summed E-state index contributed by atoms with van der Waals surface area (Å²) in [6, 6.07) is 6.23. The lowest BCUT2D eigenvalue weighted by atomic mass is 10.3. The van der Waals surface area contributed by atoms with Gasteiger partial charge in [0.2, 0.25) is 0 Å². The number of aromatic nitrogens is 2. The van der Waals surface area contributed by atoms with E-state index in [-0.39, 0.29) is 6.61 Å². The average molecular weight is 217 g/mol. The third kappa shape index (κ3) is 1.30. The highest BCUT2D eigenvalue weighted by Gasteiger charge is 2.36. The summed E-state index contributed by atoms with van der Waals surface area (Å²) in [4.78, 5) is 4.42. The zero-order chi connectivity index (χ0) is 11.3. The number of nitrogens with two attached hydrogens (primary N) is 1. The lowest BCUT2D eigenvalue weighted by Gasteiger charge is -2.06. The van der Waals surface area contributed by atoms with Crippen LogP contribution < -0.4 is 5.73 Å². The molecular formula is C12H15N3O. The fraction of sp³-hybridized carbons (Fsp3) is 0.417. The molecule has 0 bridgehead atoms. The van der Waals surface area contributed by atoms with Crippen LogP contribution in [0.1, 0.15) is 25.2 Å². The maximum absolute atomic E-state index is 9.34. The lowest BCUT2D eigenvalue weighted by molar-refractivity contribution is 0.265. The van der Waals surface area contributed by atoms with E-state index in [0.29, 0.717) is 17.6 Å². The molecule has 1 aliphatic rings. The Balaban J connectivity index is 2.23. The number of nitrogen functional groups attached to an aromatic ring is 1. The van der Waals surface area contributed by atoms with E-state index in [1.807, 2.05) is 18.2 Å². The van der Waals surface area contributed by atoms with E-state index in [1.54, 1.807) is 0 Å². The van der Waals surface area contributed by atoms with Crippen molar-refractivity contribution in [2.45, 2.75) is 26.0 Å². The van der Waals surface area contributed by atoms with Crippen LogP contribution in [-0.4, -0.2) is 14.7 Å². The number of rotatable bonds is 2. The summed E-state index contributed by atoms with van der Waals surface area (Å²) in [6.45, 7) is 2.20. The van der Waals surface area contributed by atoms with E-state index in [1.165, 1.54) is 6.42 Å². The first-order valence-electron chi connectivity index (χ1n) is 5.58. The molecule has 3 rings (SSSR count). The lowest BCUT2D eigenvalue weighted by Crippen LogP contribution is -2.02. The highest BCUT2D eigenvalue weighted by Crippen LogP contribution is 2.45. The van der Waals surface area contributed by atoms with E-state index in [0.717, 1.165) is 16.9 Å². The van der Waals surface area contributed by atoms with Crippen LogP contribution in [-0.2, 0) is 6.61 Å². The van der Waals surface area contributed by atoms with Crippen LogP contribution in [0.4, 0.5) is 5.69 Å². The second kappa shape index (κ2) is 3.22. The summed E-state index contributed by atoms with van der Waals surface area (Å²) in [5.41, 5.74) is 8.40. The molecule has 1 aromatic carbocycles. The highest BCUT2D eigenvalue weighted by atomic mass is 16.3. The normalized spacial score (nSPS) is 23.9. The molecule has 1 aromatic heterocycles. The van der Waals surface area contributed by atoms with E-state index in [9.17, 15) is 5.11 Å². The number of imidazole rings is 1. The van der Waals surface area contributed by atoms with Gasteiger partial charge in [0.05, 0.1) is 11.0 Å². The van der Waals surface area contributed by atoms with Crippen LogP contribution in [0.15, 0.2) is 18.2 Å². The van der Waals surface area contributed by atoms with Gasteiger partial charge in [-0.2, -0.15) is 0 Å². The SMILES string of the molecule is CC1CC1n1c(CO)nc2cc(N)ccc21. The third-order valence-corrected chi connectivity index (χ3v) is 3.33. The number of benzene rings is 1. The van der Waals surface area contributed by atoms with Crippen molar-refractivity contribution in [3.63, 3.8) is 0 Å². The fourth-order valence-electron chi connectivity index (χ4n) is 2.31. The molecule has 0 saturated heterocycles. The highest BCUT2D eigenvalue weighted by molar-refractivity contribution is 5.80. The van der Waals surface area contributed by atoms with Crippen molar-refractivity contribution in [3.8, 4) is 0 Å². The predicted octanol–water partition coefficient (Wildman–Crippen LogP) is 1.69.